The number of hydrogen-bond acceptors (Lipinski definition) is 6. The van der Waals surface area contributed by atoms with Crippen LogP contribution in [0.4, 0.5) is 0 Å². The van der Waals surface area contributed by atoms with Crippen molar-refractivity contribution < 1.29 is 14.3 Å². The number of rotatable bonds is 6. The zero-order valence-electron chi connectivity index (χ0n) is 16.2. The topological polar surface area (TPSA) is 77.3 Å². The summed E-state index contributed by atoms with van der Waals surface area (Å²) in [6.45, 7) is 3.50. The molecule has 0 radical (unpaired) electrons. The molecule has 0 N–H and O–H groups in total. The lowest BCUT2D eigenvalue weighted by Gasteiger charge is -2.28. The van der Waals surface area contributed by atoms with Gasteiger partial charge in [0.2, 0.25) is 5.91 Å². The molecule has 0 saturated carbocycles. The Morgan fingerprint density at radius 1 is 1.28 bits per heavy atom. The Labute approximate surface area is 172 Å². The molecule has 3 aromatic heterocycles. The third-order valence-corrected chi connectivity index (χ3v) is 5.66. The number of nitrogens with zero attached hydrogens (tertiary/aromatic N) is 4. The average molecular weight is 410 g/mol. The molecule has 0 unspecified atom stereocenters. The van der Waals surface area contributed by atoms with Gasteiger partial charge in [0.05, 0.1) is 25.3 Å². The number of hydrogen-bond donors (Lipinski definition) is 0. The fourth-order valence-electron chi connectivity index (χ4n) is 3.52. The van der Waals surface area contributed by atoms with Gasteiger partial charge in [0, 0.05) is 37.0 Å². The van der Waals surface area contributed by atoms with Crippen LogP contribution < -0.4 is 0 Å². The van der Waals surface area contributed by atoms with Crippen LogP contribution in [0.1, 0.15) is 39.9 Å². The van der Waals surface area contributed by atoms with E-state index in [1.54, 1.807) is 29.4 Å². The van der Waals surface area contributed by atoms with Gasteiger partial charge in [-0.1, -0.05) is 6.07 Å². The lowest BCUT2D eigenvalue weighted by molar-refractivity contribution is -0.131. The maximum Gasteiger partial charge on any atom is 0.359 e. The molecule has 0 fully saturated rings. The highest BCUT2D eigenvalue weighted by Crippen LogP contribution is 2.25. The zero-order valence-corrected chi connectivity index (χ0v) is 17.0. The highest BCUT2D eigenvalue weighted by Gasteiger charge is 2.30. The SMILES string of the molecule is CCOC(=O)c1nn(Cc2ccccn2)c2c1CN(C(=O)Cc1ccsc1)CC2. The second-order valence-electron chi connectivity index (χ2n) is 6.85. The molecule has 3 aromatic rings. The van der Waals surface area contributed by atoms with Crippen molar-refractivity contribution >= 4 is 23.2 Å². The van der Waals surface area contributed by atoms with Crippen LogP contribution >= 0.6 is 11.3 Å². The molecule has 4 rings (SSSR count). The molecular formula is C21H22N4O3S. The first-order valence-corrected chi connectivity index (χ1v) is 10.5. The smallest absolute Gasteiger partial charge is 0.359 e. The van der Waals surface area contributed by atoms with Crippen molar-refractivity contribution in [2.45, 2.75) is 32.9 Å². The molecule has 0 bridgehead atoms. The summed E-state index contributed by atoms with van der Waals surface area (Å²) in [6, 6.07) is 7.68. The number of carbonyl (C=O) groups is 2. The minimum absolute atomic E-state index is 0.0568. The number of esters is 1. The Hall–Kier alpha value is -3.00. The number of fused-ring (bicyclic) bond motifs is 1. The summed E-state index contributed by atoms with van der Waals surface area (Å²) in [7, 11) is 0. The standard InChI is InChI=1S/C21H22N4O3S/c1-2-28-21(27)20-17-13-24(19(26)11-15-7-10-29-14-15)9-6-18(17)25(23-20)12-16-5-3-4-8-22-16/h3-5,7-8,10,14H,2,6,9,11-13H2,1H3. The van der Waals surface area contributed by atoms with Crippen LogP contribution in [0.15, 0.2) is 41.2 Å². The van der Waals surface area contributed by atoms with E-state index in [9.17, 15) is 9.59 Å². The summed E-state index contributed by atoms with van der Waals surface area (Å²) in [5, 5.41) is 8.50. The largest absolute Gasteiger partial charge is 0.461 e. The highest BCUT2D eigenvalue weighted by molar-refractivity contribution is 7.08. The third-order valence-electron chi connectivity index (χ3n) is 4.93. The molecule has 0 spiro atoms. The molecule has 0 atom stereocenters. The fourth-order valence-corrected chi connectivity index (χ4v) is 4.19. The summed E-state index contributed by atoms with van der Waals surface area (Å²) in [4.78, 5) is 31.4. The van der Waals surface area contributed by atoms with Crippen LogP contribution in [-0.2, 0) is 35.5 Å². The Balaban J connectivity index is 1.60. The number of aromatic nitrogens is 3. The van der Waals surface area contributed by atoms with Crippen LogP contribution in [0.3, 0.4) is 0 Å². The van der Waals surface area contributed by atoms with Gasteiger partial charge in [-0.25, -0.2) is 4.79 Å². The third kappa shape index (κ3) is 4.22. The molecule has 0 saturated heterocycles. The number of thiophene rings is 1. The molecule has 7 nitrogen and oxygen atoms in total. The normalized spacial score (nSPS) is 13.2. The quantitative estimate of drug-likeness (QED) is 0.584. The first kappa shape index (κ1) is 19.3. The maximum atomic E-state index is 12.8. The number of pyridine rings is 1. The molecule has 1 amide bonds. The molecule has 0 aliphatic carbocycles. The van der Waals surface area contributed by atoms with Crippen molar-refractivity contribution in [3.05, 3.63) is 69.4 Å². The summed E-state index contributed by atoms with van der Waals surface area (Å²) >= 11 is 1.58. The van der Waals surface area contributed by atoms with E-state index in [1.807, 2.05) is 39.7 Å². The minimum atomic E-state index is -0.448. The van der Waals surface area contributed by atoms with Gasteiger partial charge in [-0.05, 0) is 41.4 Å². The van der Waals surface area contributed by atoms with E-state index in [0.717, 1.165) is 22.5 Å². The van der Waals surface area contributed by atoms with E-state index in [1.165, 1.54) is 0 Å². The number of carbonyl (C=O) groups excluding carboxylic acids is 2. The van der Waals surface area contributed by atoms with Gasteiger partial charge in [-0.2, -0.15) is 16.4 Å². The lowest BCUT2D eigenvalue weighted by atomic mass is 10.0. The lowest BCUT2D eigenvalue weighted by Crippen LogP contribution is -2.37. The molecule has 0 aromatic carbocycles. The fraction of sp³-hybridized carbons (Fsp3) is 0.333. The minimum Gasteiger partial charge on any atom is -0.461 e. The Morgan fingerprint density at radius 3 is 2.90 bits per heavy atom. The Morgan fingerprint density at radius 2 is 2.17 bits per heavy atom. The van der Waals surface area contributed by atoms with Crippen molar-refractivity contribution in [3.63, 3.8) is 0 Å². The molecule has 1 aliphatic heterocycles. The van der Waals surface area contributed by atoms with Crippen LogP contribution in [0.25, 0.3) is 0 Å². The second-order valence-corrected chi connectivity index (χ2v) is 7.63. The molecule has 150 valence electrons. The monoisotopic (exact) mass is 410 g/mol. The molecular weight excluding hydrogens is 388 g/mol. The van der Waals surface area contributed by atoms with E-state index < -0.39 is 5.97 Å². The Kier molecular flexibility index (Phi) is 5.71. The van der Waals surface area contributed by atoms with E-state index >= 15 is 0 Å². The summed E-state index contributed by atoms with van der Waals surface area (Å²) < 4.78 is 7.03. The Bertz CT molecular complexity index is 999. The highest BCUT2D eigenvalue weighted by atomic mass is 32.1. The van der Waals surface area contributed by atoms with Gasteiger partial charge in [-0.15, -0.1) is 0 Å². The first-order valence-electron chi connectivity index (χ1n) is 9.60. The summed E-state index contributed by atoms with van der Waals surface area (Å²) in [5.41, 5.74) is 3.93. The van der Waals surface area contributed by atoms with Crippen LogP contribution in [0.2, 0.25) is 0 Å². The van der Waals surface area contributed by atoms with Gasteiger partial charge in [0.25, 0.3) is 0 Å². The number of ether oxygens (including phenoxy) is 1. The van der Waals surface area contributed by atoms with Gasteiger partial charge in [0.1, 0.15) is 0 Å². The van der Waals surface area contributed by atoms with Gasteiger partial charge in [-0.3, -0.25) is 14.5 Å². The summed E-state index contributed by atoms with van der Waals surface area (Å²) in [5.74, 6) is -0.392. The maximum absolute atomic E-state index is 12.8. The van der Waals surface area contributed by atoms with E-state index in [4.69, 9.17) is 4.74 Å². The van der Waals surface area contributed by atoms with Crippen molar-refractivity contribution in [1.29, 1.82) is 0 Å². The predicted molar refractivity (Wildman–Crippen MR) is 109 cm³/mol. The second kappa shape index (κ2) is 8.57. The van der Waals surface area contributed by atoms with E-state index in [2.05, 4.69) is 10.1 Å². The van der Waals surface area contributed by atoms with Crippen molar-refractivity contribution in [2.24, 2.45) is 0 Å². The van der Waals surface area contributed by atoms with Gasteiger partial charge < -0.3 is 9.64 Å². The predicted octanol–water partition coefficient (Wildman–Crippen LogP) is 2.69. The van der Waals surface area contributed by atoms with Gasteiger partial charge in [0.15, 0.2) is 5.69 Å². The van der Waals surface area contributed by atoms with Crippen molar-refractivity contribution in [3.8, 4) is 0 Å². The van der Waals surface area contributed by atoms with Crippen molar-refractivity contribution in [2.75, 3.05) is 13.2 Å². The van der Waals surface area contributed by atoms with Crippen LogP contribution in [-0.4, -0.2) is 44.7 Å². The van der Waals surface area contributed by atoms with E-state index in [0.29, 0.717) is 38.2 Å². The molecule has 1 aliphatic rings. The number of amides is 1. The molecule has 4 heterocycles. The van der Waals surface area contributed by atoms with Crippen LogP contribution in [0, 0.1) is 0 Å². The first-order chi connectivity index (χ1) is 14.2. The average Bonchev–Trinajstić information content (AvgIpc) is 3.37. The molecule has 8 heteroatoms. The summed E-state index contributed by atoms with van der Waals surface area (Å²) in [6.07, 6.45) is 2.75. The molecule has 29 heavy (non-hydrogen) atoms. The van der Waals surface area contributed by atoms with Crippen LogP contribution in [0.5, 0.6) is 0 Å². The van der Waals surface area contributed by atoms with E-state index in [-0.39, 0.29) is 12.5 Å². The zero-order chi connectivity index (χ0) is 20.2. The van der Waals surface area contributed by atoms with Gasteiger partial charge >= 0.3 is 5.97 Å². The van der Waals surface area contributed by atoms with Crippen molar-refractivity contribution in [1.82, 2.24) is 19.7 Å².